The van der Waals surface area contributed by atoms with Gasteiger partial charge in [0, 0.05) is 31.3 Å². The van der Waals surface area contributed by atoms with Gasteiger partial charge < -0.3 is 21.1 Å². The SMILES string of the molecule is CC(C(=O)O)N(C)C(=O)CCC(C)(C)SCC(=O)NCCN. The molecule has 8 heteroatoms. The summed E-state index contributed by atoms with van der Waals surface area (Å²) in [5.41, 5.74) is 5.31. The van der Waals surface area contributed by atoms with Gasteiger partial charge in [-0.15, -0.1) is 11.8 Å². The van der Waals surface area contributed by atoms with Crippen LogP contribution in [0.2, 0.25) is 0 Å². The van der Waals surface area contributed by atoms with Crippen LogP contribution in [0.5, 0.6) is 0 Å². The molecule has 22 heavy (non-hydrogen) atoms. The van der Waals surface area contributed by atoms with E-state index in [1.165, 1.54) is 30.6 Å². The molecule has 0 spiro atoms. The number of carbonyl (C=O) groups excluding carboxylic acids is 2. The Morgan fingerprint density at radius 2 is 1.95 bits per heavy atom. The first-order valence-corrected chi connectivity index (χ1v) is 8.18. The van der Waals surface area contributed by atoms with Crippen molar-refractivity contribution in [2.45, 2.75) is 44.4 Å². The van der Waals surface area contributed by atoms with Crippen molar-refractivity contribution in [2.24, 2.45) is 5.73 Å². The molecule has 1 unspecified atom stereocenters. The highest BCUT2D eigenvalue weighted by molar-refractivity contribution is 8.01. The van der Waals surface area contributed by atoms with Crippen molar-refractivity contribution in [3.05, 3.63) is 0 Å². The quantitative estimate of drug-likeness (QED) is 0.529. The van der Waals surface area contributed by atoms with Crippen molar-refractivity contribution >= 4 is 29.5 Å². The van der Waals surface area contributed by atoms with Gasteiger partial charge in [0.15, 0.2) is 0 Å². The van der Waals surface area contributed by atoms with Crippen LogP contribution in [0.15, 0.2) is 0 Å². The third kappa shape index (κ3) is 8.23. The van der Waals surface area contributed by atoms with Crippen molar-refractivity contribution < 1.29 is 19.5 Å². The molecule has 0 aromatic heterocycles. The predicted molar refractivity (Wildman–Crippen MR) is 87.7 cm³/mol. The monoisotopic (exact) mass is 333 g/mol. The summed E-state index contributed by atoms with van der Waals surface area (Å²) in [5.74, 6) is -1.01. The minimum absolute atomic E-state index is 0.0773. The zero-order valence-electron chi connectivity index (χ0n) is 13.7. The van der Waals surface area contributed by atoms with Gasteiger partial charge in [-0.3, -0.25) is 9.59 Å². The summed E-state index contributed by atoms with van der Waals surface area (Å²) in [6, 6.07) is -0.842. The van der Waals surface area contributed by atoms with Crippen LogP contribution in [0.1, 0.15) is 33.6 Å². The van der Waals surface area contributed by atoms with E-state index in [2.05, 4.69) is 5.32 Å². The maximum Gasteiger partial charge on any atom is 0.326 e. The topological polar surface area (TPSA) is 113 Å². The van der Waals surface area contributed by atoms with Crippen LogP contribution >= 0.6 is 11.8 Å². The molecule has 0 aromatic rings. The highest BCUT2D eigenvalue weighted by Crippen LogP contribution is 2.29. The molecule has 0 aliphatic rings. The zero-order valence-corrected chi connectivity index (χ0v) is 14.5. The number of carboxylic acid groups (broad SMARTS) is 1. The summed E-state index contributed by atoms with van der Waals surface area (Å²) in [4.78, 5) is 35.6. The Balaban J connectivity index is 4.23. The van der Waals surface area contributed by atoms with E-state index < -0.39 is 12.0 Å². The van der Waals surface area contributed by atoms with E-state index in [0.29, 0.717) is 25.3 Å². The lowest BCUT2D eigenvalue weighted by molar-refractivity contribution is -0.148. The number of amides is 2. The fourth-order valence-electron chi connectivity index (χ4n) is 1.56. The van der Waals surface area contributed by atoms with Crippen molar-refractivity contribution in [1.29, 1.82) is 0 Å². The predicted octanol–water partition coefficient (Wildman–Crippen LogP) is 0.285. The number of hydrogen-bond donors (Lipinski definition) is 3. The van der Waals surface area contributed by atoms with Crippen LogP contribution in [0.4, 0.5) is 0 Å². The van der Waals surface area contributed by atoms with E-state index in [1.54, 1.807) is 0 Å². The van der Waals surface area contributed by atoms with E-state index in [-0.39, 0.29) is 23.0 Å². The van der Waals surface area contributed by atoms with Gasteiger partial charge in [-0.1, -0.05) is 13.8 Å². The van der Waals surface area contributed by atoms with Crippen LogP contribution in [0.25, 0.3) is 0 Å². The summed E-state index contributed by atoms with van der Waals surface area (Å²) in [6.07, 6.45) is 0.815. The molecule has 0 saturated carbocycles. The number of hydrogen-bond acceptors (Lipinski definition) is 5. The average Bonchev–Trinajstić information content (AvgIpc) is 2.46. The molecule has 7 nitrogen and oxygen atoms in total. The number of rotatable bonds is 10. The van der Waals surface area contributed by atoms with E-state index in [1.807, 2.05) is 13.8 Å². The first-order chi connectivity index (χ1) is 10.1. The van der Waals surface area contributed by atoms with Crippen LogP contribution in [0.3, 0.4) is 0 Å². The zero-order chi connectivity index (χ0) is 17.3. The smallest absolute Gasteiger partial charge is 0.326 e. The van der Waals surface area contributed by atoms with Crippen molar-refractivity contribution in [3.63, 3.8) is 0 Å². The molecule has 0 bridgehead atoms. The molecular weight excluding hydrogens is 306 g/mol. The maximum atomic E-state index is 12.0. The summed E-state index contributed by atoms with van der Waals surface area (Å²) in [5, 5.41) is 11.6. The Labute approximate surface area is 136 Å². The van der Waals surface area contributed by atoms with Crippen LogP contribution in [0, 0.1) is 0 Å². The Bertz CT molecular complexity index is 402. The molecular formula is C14H27N3O4S. The molecule has 0 fully saturated rings. The highest BCUT2D eigenvalue weighted by atomic mass is 32.2. The lowest BCUT2D eigenvalue weighted by atomic mass is 10.1. The largest absolute Gasteiger partial charge is 0.480 e. The molecule has 2 amide bonds. The normalized spacial score (nSPS) is 12.6. The van der Waals surface area contributed by atoms with Crippen LogP contribution in [-0.2, 0) is 14.4 Å². The van der Waals surface area contributed by atoms with Crippen LogP contribution < -0.4 is 11.1 Å². The number of nitrogens with two attached hydrogens (primary N) is 1. The molecule has 0 heterocycles. The molecule has 0 aliphatic carbocycles. The second-order valence-corrected chi connectivity index (χ2v) is 7.39. The first kappa shape index (κ1) is 20.7. The molecule has 0 rings (SSSR count). The van der Waals surface area contributed by atoms with Crippen LogP contribution in [-0.4, -0.2) is 64.5 Å². The van der Waals surface area contributed by atoms with Gasteiger partial charge in [-0.05, 0) is 13.3 Å². The Morgan fingerprint density at radius 3 is 2.45 bits per heavy atom. The summed E-state index contributed by atoms with van der Waals surface area (Å²) in [7, 11) is 1.49. The fraction of sp³-hybridized carbons (Fsp3) is 0.786. The Morgan fingerprint density at radius 1 is 1.36 bits per heavy atom. The second-order valence-electron chi connectivity index (χ2n) is 5.71. The third-order valence-electron chi connectivity index (χ3n) is 3.33. The van der Waals surface area contributed by atoms with Gasteiger partial charge in [-0.2, -0.15) is 0 Å². The van der Waals surface area contributed by atoms with Gasteiger partial charge in [0.25, 0.3) is 0 Å². The lowest BCUT2D eigenvalue weighted by Gasteiger charge is -2.26. The van der Waals surface area contributed by atoms with E-state index in [0.717, 1.165) is 0 Å². The van der Waals surface area contributed by atoms with Gasteiger partial charge >= 0.3 is 5.97 Å². The highest BCUT2D eigenvalue weighted by Gasteiger charge is 2.25. The molecule has 0 aromatic carbocycles. The Kier molecular flexibility index (Phi) is 9.12. The van der Waals surface area contributed by atoms with Gasteiger partial charge in [-0.25, -0.2) is 4.79 Å². The minimum Gasteiger partial charge on any atom is -0.480 e. The average molecular weight is 333 g/mol. The lowest BCUT2D eigenvalue weighted by Crippen LogP contribution is -2.40. The number of thioether (sulfide) groups is 1. The van der Waals surface area contributed by atoms with E-state index >= 15 is 0 Å². The minimum atomic E-state index is -1.03. The third-order valence-corrected chi connectivity index (χ3v) is 4.73. The van der Waals surface area contributed by atoms with E-state index in [9.17, 15) is 14.4 Å². The number of carbonyl (C=O) groups is 3. The van der Waals surface area contributed by atoms with Crippen molar-refractivity contribution in [2.75, 3.05) is 25.9 Å². The Hall–Kier alpha value is -1.28. The van der Waals surface area contributed by atoms with Crippen molar-refractivity contribution in [1.82, 2.24) is 10.2 Å². The molecule has 4 N–H and O–H groups in total. The number of aliphatic carboxylic acids is 1. The summed E-state index contributed by atoms with van der Waals surface area (Å²) < 4.78 is -0.247. The number of nitrogens with zero attached hydrogens (tertiary/aromatic N) is 1. The molecule has 0 saturated heterocycles. The fourth-order valence-corrected chi connectivity index (χ4v) is 2.43. The van der Waals surface area contributed by atoms with Gasteiger partial charge in [0.1, 0.15) is 6.04 Å². The maximum absolute atomic E-state index is 12.0. The van der Waals surface area contributed by atoms with Gasteiger partial charge in [0.2, 0.25) is 11.8 Å². The summed E-state index contributed by atoms with van der Waals surface area (Å²) >= 11 is 1.47. The number of carboxylic acids is 1. The first-order valence-electron chi connectivity index (χ1n) is 7.20. The summed E-state index contributed by atoms with van der Waals surface area (Å²) in [6.45, 7) is 6.25. The number of likely N-dealkylation sites (N-methyl/N-ethyl adjacent to an activating group) is 1. The standard InChI is InChI=1S/C14H27N3O4S/c1-10(13(20)21)17(4)12(19)5-6-14(2,3)22-9-11(18)16-8-7-15/h10H,5-9,15H2,1-4H3,(H,16,18)(H,20,21). The molecule has 1 atom stereocenters. The molecule has 0 radical (unpaired) electrons. The van der Waals surface area contributed by atoms with E-state index in [4.69, 9.17) is 10.8 Å². The number of nitrogens with one attached hydrogen (secondary N) is 1. The molecule has 0 aliphatic heterocycles. The molecule has 128 valence electrons. The second kappa shape index (κ2) is 9.68. The van der Waals surface area contributed by atoms with Crippen molar-refractivity contribution in [3.8, 4) is 0 Å². The van der Waals surface area contributed by atoms with Gasteiger partial charge in [0.05, 0.1) is 5.75 Å².